The third kappa shape index (κ3) is 3.40. The lowest BCUT2D eigenvalue weighted by atomic mass is 10.2. The minimum Gasteiger partial charge on any atom is -0.298 e. The number of nitrogens with zero attached hydrogens (tertiary/aromatic N) is 1. The molecule has 3 aromatic rings. The number of hydrogen-bond acceptors (Lipinski definition) is 3. The summed E-state index contributed by atoms with van der Waals surface area (Å²) in [4.78, 5) is 16.2. The van der Waals surface area contributed by atoms with Gasteiger partial charge in [0.05, 0.1) is 5.69 Å². The van der Waals surface area contributed by atoms with Crippen LogP contribution in [0.15, 0.2) is 47.8 Å². The van der Waals surface area contributed by atoms with Crippen molar-refractivity contribution in [2.75, 3.05) is 5.32 Å². The quantitative estimate of drug-likeness (QED) is 0.767. The zero-order valence-corrected chi connectivity index (χ0v) is 12.3. The zero-order chi connectivity index (χ0) is 16.4. The first-order chi connectivity index (χ1) is 11.0. The number of nitrogens with one attached hydrogen (secondary N) is 1. The summed E-state index contributed by atoms with van der Waals surface area (Å²) in [5, 5.41) is 4.49. The topological polar surface area (TPSA) is 42.0 Å². The smallest absolute Gasteiger partial charge is 0.257 e. The van der Waals surface area contributed by atoms with Crippen LogP contribution in [0.25, 0.3) is 11.3 Å². The van der Waals surface area contributed by atoms with Crippen molar-refractivity contribution >= 4 is 22.4 Å². The van der Waals surface area contributed by atoms with Crippen molar-refractivity contribution in [2.24, 2.45) is 0 Å². The largest absolute Gasteiger partial charge is 0.298 e. The standard InChI is InChI=1S/C16H9F3N2OS/c17-11-4-1-9(2-5-11)15(22)21-16-20-14(8-23-16)10-3-6-12(18)13(19)7-10/h1-8H,(H,20,21,22). The summed E-state index contributed by atoms with van der Waals surface area (Å²) in [6.07, 6.45) is 0. The van der Waals surface area contributed by atoms with Crippen molar-refractivity contribution in [3.63, 3.8) is 0 Å². The Morgan fingerprint density at radius 2 is 1.74 bits per heavy atom. The first kappa shape index (κ1) is 15.2. The number of aromatic nitrogens is 1. The Labute approximate surface area is 133 Å². The summed E-state index contributed by atoms with van der Waals surface area (Å²) in [5.41, 5.74) is 1.11. The number of thiazole rings is 1. The van der Waals surface area contributed by atoms with Gasteiger partial charge in [-0.3, -0.25) is 10.1 Å². The molecule has 1 heterocycles. The van der Waals surface area contributed by atoms with Crippen LogP contribution in [0.4, 0.5) is 18.3 Å². The maximum Gasteiger partial charge on any atom is 0.257 e. The molecule has 0 saturated heterocycles. The molecule has 23 heavy (non-hydrogen) atoms. The summed E-state index contributed by atoms with van der Waals surface area (Å²) in [7, 11) is 0. The SMILES string of the molecule is O=C(Nc1nc(-c2ccc(F)c(F)c2)cs1)c1ccc(F)cc1. The lowest BCUT2D eigenvalue weighted by Gasteiger charge is -2.01. The van der Waals surface area contributed by atoms with Crippen LogP contribution in [-0.4, -0.2) is 10.9 Å². The molecule has 1 aromatic heterocycles. The normalized spacial score (nSPS) is 10.6. The van der Waals surface area contributed by atoms with E-state index in [0.717, 1.165) is 23.5 Å². The zero-order valence-electron chi connectivity index (χ0n) is 11.5. The number of carbonyl (C=O) groups is 1. The Morgan fingerprint density at radius 3 is 2.43 bits per heavy atom. The molecule has 3 rings (SSSR count). The number of benzene rings is 2. The maximum absolute atomic E-state index is 13.2. The number of carbonyl (C=O) groups excluding carboxylic acids is 1. The second-order valence-corrected chi connectivity index (χ2v) is 5.49. The Bertz CT molecular complexity index is 862. The molecule has 0 unspecified atom stereocenters. The maximum atomic E-state index is 13.2. The van der Waals surface area contributed by atoms with Crippen LogP contribution in [-0.2, 0) is 0 Å². The summed E-state index contributed by atoms with van der Waals surface area (Å²) in [5.74, 6) is -2.77. The van der Waals surface area contributed by atoms with Crippen molar-refractivity contribution in [2.45, 2.75) is 0 Å². The predicted molar refractivity (Wildman–Crippen MR) is 81.8 cm³/mol. The lowest BCUT2D eigenvalue weighted by molar-refractivity contribution is 0.102. The van der Waals surface area contributed by atoms with Crippen molar-refractivity contribution < 1.29 is 18.0 Å². The van der Waals surface area contributed by atoms with Crippen LogP contribution in [0.2, 0.25) is 0 Å². The van der Waals surface area contributed by atoms with Crippen LogP contribution in [0, 0.1) is 17.5 Å². The molecule has 1 N–H and O–H groups in total. The number of rotatable bonds is 3. The minimum atomic E-state index is -0.965. The van der Waals surface area contributed by atoms with Crippen LogP contribution < -0.4 is 5.32 Å². The molecular weight excluding hydrogens is 325 g/mol. The third-order valence-electron chi connectivity index (χ3n) is 3.05. The van der Waals surface area contributed by atoms with Crippen LogP contribution in [0.1, 0.15) is 10.4 Å². The molecule has 0 aliphatic rings. The molecule has 0 aliphatic carbocycles. The summed E-state index contributed by atoms with van der Waals surface area (Å²) in [6, 6.07) is 8.53. The summed E-state index contributed by atoms with van der Waals surface area (Å²) in [6.45, 7) is 0. The molecule has 0 spiro atoms. The van der Waals surface area contributed by atoms with Gasteiger partial charge in [0.25, 0.3) is 5.91 Å². The van der Waals surface area contributed by atoms with Gasteiger partial charge in [-0.05, 0) is 42.5 Å². The predicted octanol–water partition coefficient (Wildman–Crippen LogP) is 4.48. The highest BCUT2D eigenvalue weighted by atomic mass is 32.1. The molecule has 7 heteroatoms. The monoisotopic (exact) mass is 334 g/mol. The van der Waals surface area contributed by atoms with Gasteiger partial charge in [-0.25, -0.2) is 18.2 Å². The first-order valence-corrected chi connectivity index (χ1v) is 7.39. The number of amides is 1. The highest BCUT2D eigenvalue weighted by molar-refractivity contribution is 7.14. The molecule has 0 saturated carbocycles. The molecule has 1 amide bonds. The molecule has 3 nitrogen and oxygen atoms in total. The molecule has 116 valence electrons. The van der Waals surface area contributed by atoms with E-state index >= 15 is 0 Å². The van der Waals surface area contributed by atoms with E-state index in [1.165, 1.54) is 30.3 Å². The first-order valence-electron chi connectivity index (χ1n) is 6.51. The Hall–Kier alpha value is -2.67. The lowest BCUT2D eigenvalue weighted by Crippen LogP contribution is -2.11. The number of hydrogen-bond donors (Lipinski definition) is 1. The average Bonchev–Trinajstić information content (AvgIpc) is 2.99. The van der Waals surface area contributed by atoms with E-state index in [1.807, 2.05) is 0 Å². The van der Waals surface area contributed by atoms with Gasteiger partial charge in [-0.2, -0.15) is 0 Å². The van der Waals surface area contributed by atoms with Gasteiger partial charge in [0, 0.05) is 16.5 Å². The van der Waals surface area contributed by atoms with Crippen molar-refractivity contribution in [1.29, 1.82) is 0 Å². The van der Waals surface area contributed by atoms with Crippen LogP contribution in [0.5, 0.6) is 0 Å². The molecule has 0 radical (unpaired) electrons. The fourth-order valence-corrected chi connectivity index (χ4v) is 2.60. The van der Waals surface area contributed by atoms with Gasteiger partial charge >= 0.3 is 0 Å². The Kier molecular flexibility index (Phi) is 4.12. The third-order valence-corrected chi connectivity index (χ3v) is 3.80. The minimum absolute atomic E-state index is 0.288. The fourth-order valence-electron chi connectivity index (χ4n) is 1.89. The molecule has 2 aromatic carbocycles. The van der Waals surface area contributed by atoms with Crippen LogP contribution >= 0.6 is 11.3 Å². The molecule has 0 atom stereocenters. The molecular formula is C16H9F3N2OS. The van der Waals surface area contributed by atoms with E-state index in [-0.39, 0.29) is 5.56 Å². The Balaban J connectivity index is 1.77. The van der Waals surface area contributed by atoms with Gasteiger partial charge in [-0.15, -0.1) is 11.3 Å². The molecule has 0 fully saturated rings. The van der Waals surface area contributed by atoms with E-state index < -0.39 is 23.4 Å². The van der Waals surface area contributed by atoms with Crippen molar-refractivity contribution in [3.05, 3.63) is 70.9 Å². The average molecular weight is 334 g/mol. The highest BCUT2D eigenvalue weighted by Crippen LogP contribution is 2.26. The second-order valence-electron chi connectivity index (χ2n) is 4.63. The fraction of sp³-hybridized carbons (Fsp3) is 0. The molecule has 0 bridgehead atoms. The summed E-state index contributed by atoms with van der Waals surface area (Å²) < 4.78 is 39.0. The molecule has 0 aliphatic heterocycles. The second kappa shape index (κ2) is 6.21. The number of anilines is 1. The van der Waals surface area contributed by atoms with E-state index in [1.54, 1.807) is 5.38 Å². The number of halogens is 3. The summed E-state index contributed by atoms with van der Waals surface area (Å²) >= 11 is 1.15. The van der Waals surface area contributed by atoms with E-state index in [9.17, 15) is 18.0 Å². The Morgan fingerprint density at radius 1 is 1.00 bits per heavy atom. The van der Waals surface area contributed by atoms with Gasteiger partial charge < -0.3 is 0 Å². The van der Waals surface area contributed by atoms with E-state index in [4.69, 9.17) is 0 Å². The van der Waals surface area contributed by atoms with E-state index in [2.05, 4.69) is 10.3 Å². The van der Waals surface area contributed by atoms with Gasteiger partial charge in [-0.1, -0.05) is 0 Å². The van der Waals surface area contributed by atoms with Crippen molar-refractivity contribution in [3.8, 4) is 11.3 Å². The van der Waals surface area contributed by atoms with E-state index in [0.29, 0.717) is 16.4 Å². The van der Waals surface area contributed by atoms with Crippen molar-refractivity contribution in [1.82, 2.24) is 4.98 Å². The van der Waals surface area contributed by atoms with Gasteiger partial charge in [0.1, 0.15) is 5.82 Å². The van der Waals surface area contributed by atoms with Crippen LogP contribution in [0.3, 0.4) is 0 Å². The van der Waals surface area contributed by atoms with Gasteiger partial charge in [0.15, 0.2) is 16.8 Å². The van der Waals surface area contributed by atoms with Gasteiger partial charge in [0.2, 0.25) is 0 Å². The highest BCUT2D eigenvalue weighted by Gasteiger charge is 2.11.